The molecule has 20 heavy (non-hydrogen) atoms. The fraction of sp³-hybridized carbons (Fsp3) is 0.462. The van der Waals surface area contributed by atoms with E-state index in [0.29, 0.717) is 5.69 Å². The molecule has 1 aromatic rings. The van der Waals surface area contributed by atoms with E-state index in [4.69, 9.17) is 5.11 Å². The lowest BCUT2D eigenvalue weighted by atomic mass is 10.1. The smallest absolute Gasteiger partial charge is 0.328 e. The number of carboxylic acid groups (broad SMARTS) is 1. The second kappa shape index (κ2) is 5.36. The van der Waals surface area contributed by atoms with Crippen molar-refractivity contribution in [3.05, 3.63) is 24.0 Å². The van der Waals surface area contributed by atoms with E-state index >= 15 is 0 Å². The highest BCUT2D eigenvalue weighted by atomic mass is 16.4. The Morgan fingerprint density at radius 2 is 2.15 bits per heavy atom. The molecule has 108 valence electrons. The van der Waals surface area contributed by atoms with Crippen LogP contribution in [0.15, 0.2) is 18.3 Å². The number of nitrogens with one attached hydrogen (secondary N) is 1. The third kappa shape index (κ3) is 2.52. The minimum Gasteiger partial charge on any atom is -0.480 e. The summed E-state index contributed by atoms with van der Waals surface area (Å²) in [6.07, 6.45) is 1.76. The van der Waals surface area contributed by atoms with Crippen molar-refractivity contribution in [1.82, 2.24) is 14.8 Å². The van der Waals surface area contributed by atoms with Gasteiger partial charge in [-0.3, -0.25) is 9.59 Å². The van der Waals surface area contributed by atoms with Gasteiger partial charge in [-0.2, -0.15) is 0 Å². The van der Waals surface area contributed by atoms with Crippen LogP contribution in [0, 0.1) is 0 Å². The van der Waals surface area contributed by atoms with E-state index in [2.05, 4.69) is 5.32 Å². The molecule has 2 N–H and O–H groups in total. The largest absolute Gasteiger partial charge is 0.480 e. The Morgan fingerprint density at radius 3 is 2.75 bits per heavy atom. The molecule has 7 heteroatoms. The quantitative estimate of drug-likeness (QED) is 0.820. The summed E-state index contributed by atoms with van der Waals surface area (Å²) in [5.74, 6) is -1.91. The van der Waals surface area contributed by atoms with Gasteiger partial charge in [-0.1, -0.05) is 0 Å². The van der Waals surface area contributed by atoms with Gasteiger partial charge in [0, 0.05) is 18.8 Å². The van der Waals surface area contributed by atoms with Gasteiger partial charge in [0.05, 0.1) is 0 Å². The zero-order valence-corrected chi connectivity index (χ0v) is 11.4. The number of carbonyl (C=O) groups excluding carboxylic acids is 2. The molecule has 0 radical (unpaired) electrons. The van der Waals surface area contributed by atoms with Crippen LogP contribution in [0.5, 0.6) is 0 Å². The predicted octanol–water partition coefficient (Wildman–Crippen LogP) is 0.0942. The highest BCUT2D eigenvalue weighted by Gasteiger charge is 2.36. The number of hydrogen-bond donors (Lipinski definition) is 2. The number of amides is 2. The Morgan fingerprint density at radius 1 is 1.45 bits per heavy atom. The van der Waals surface area contributed by atoms with Crippen LogP contribution in [0.4, 0.5) is 0 Å². The van der Waals surface area contributed by atoms with Crippen LogP contribution in [0.2, 0.25) is 0 Å². The Bertz CT molecular complexity index is 550. The van der Waals surface area contributed by atoms with E-state index in [9.17, 15) is 14.4 Å². The number of hydrogen-bond acceptors (Lipinski definition) is 3. The molecule has 2 heterocycles. The first-order valence-electron chi connectivity index (χ1n) is 6.39. The molecule has 2 rings (SSSR count). The molecular weight excluding hydrogens is 262 g/mol. The number of aromatic nitrogens is 1. The lowest BCUT2D eigenvalue weighted by Crippen LogP contribution is -2.59. The summed E-state index contributed by atoms with van der Waals surface area (Å²) >= 11 is 0. The van der Waals surface area contributed by atoms with Crippen LogP contribution in [0.1, 0.15) is 30.4 Å². The molecule has 1 fully saturated rings. The fourth-order valence-corrected chi connectivity index (χ4v) is 2.25. The van der Waals surface area contributed by atoms with Crippen molar-refractivity contribution in [1.29, 1.82) is 0 Å². The number of rotatable bonds is 3. The summed E-state index contributed by atoms with van der Waals surface area (Å²) in [5.41, 5.74) is 0.390. The van der Waals surface area contributed by atoms with Crippen molar-refractivity contribution in [2.45, 2.75) is 25.9 Å². The molecule has 1 atom stereocenters. The van der Waals surface area contributed by atoms with Crippen LogP contribution in [-0.2, 0) is 9.59 Å². The van der Waals surface area contributed by atoms with Crippen LogP contribution in [0.3, 0.4) is 0 Å². The van der Waals surface area contributed by atoms with Crippen LogP contribution >= 0.6 is 0 Å². The van der Waals surface area contributed by atoms with Crippen molar-refractivity contribution < 1.29 is 19.5 Å². The first-order valence-corrected chi connectivity index (χ1v) is 6.39. The van der Waals surface area contributed by atoms with Gasteiger partial charge >= 0.3 is 5.97 Å². The molecule has 0 saturated carbocycles. The van der Waals surface area contributed by atoms with E-state index in [1.54, 1.807) is 22.9 Å². The zero-order valence-electron chi connectivity index (χ0n) is 11.4. The third-order valence-electron chi connectivity index (χ3n) is 3.28. The van der Waals surface area contributed by atoms with Gasteiger partial charge in [0.1, 0.15) is 18.3 Å². The summed E-state index contributed by atoms with van der Waals surface area (Å²) in [6, 6.07) is 2.40. The summed E-state index contributed by atoms with van der Waals surface area (Å²) in [7, 11) is 0. The van der Waals surface area contributed by atoms with Gasteiger partial charge < -0.3 is 19.9 Å². The average molecular weight is 279 g/mol. The van der Waals surface area contributed by atoms with Crippen molar-refractivity contribution >= 4 is 17.8 Å². The molecule has 0 bridgehead atoms. The van der Waals surface area contributed by atoms with Gasteiger partial charge in [-0.05, 0) is 26.0 Å². The number of carbonyl (C=O) groups is 3. The SMILES string of the molecule is CC(C)n1cccc1C(=O)N1CC(=O)NCC1C(=O)O. The summed E-state index contributed by atoms with van der Waals surface area (Å²) in [4.78, 5) is 36.3. The molecule has 1 aliphatic heterocycles. The van der Waals surface area contributed by atoms with Crippen LogP contribution < -0.4 is 5.32 Å². The van der Waals surface area contributed by atoms with E-state index < -0.39 is 17.9 Å². The van der Waals surface area contributed by atoms with E-state index in [1.807, 2.05) is 13.8 Å². The minimum absolute atomic E-state index is 0.0672. The molecule has 1 unspecified atom stereocenters. The monoisotopic (exact) mass is 279 g/mol. The molecular formula is C13H17N3O4. The van der Waals surface area contributed by atoms with Gasteiger partial charge in [-0.15, -0.1) is 0 Å². The lowest BCUT2D eigenvalue weighted by molar-refractivity contribution is -0.144. The predicted molar refractivity (Wildman–Crippen MR) is 70.3 cm³/mol. The number of nitrogens with zero attached hydrogens (tertiary/aromatic N) is 2. The first-order chi connectivity index (χ1) is 9.41. The number of carboxylic acids is 1. The van der Waals surface area contributed by atoms with E-state index in [-0.39, 0.29) is 25.0 Å². The Kier molecular flexibility index (Phi) is 3.78. The third-order valence-corrected chi connectivity index (χ3v) is 3.28. The molecule has 0 spiro atoms. The Balaban J connectivity index is 2.31. The van der Waals surface area contributed by atoms with Crippen molar-refractivity contribution in [3.8, 4) is 0 Å². The van der Waals surface area contributed by atoms with E-state index in [0.717, 1.165) is 4.90 Å². The van der Waals surface area contributed by atoms with Crippen LogP contribution in [-0.4, -0.2) is 51.5 Å². The van der Waals surface area contributed by atoms with E-state index in [1.165, 1.54) is 0 Å². The Hall–Kier alpha value is -2.31. The highest BCUT2D eigenvalue weighted by Crippen LogP contribution is 2.16. The summed E-state index contributed by atoms with van der Waals surface area (Å²) in [6.45, 7) is 3.55. The van der Waals surface area contributed by atoms with Gasteiger partial charge in [0.25, 0.3) is 5.91 Å². The molecule has 1 saturated heterocycles. The van der Waals surface area contributed by atoms with Crippen molar-refractivity contribution in [2.75, 3.05) is 13.1 Å². The minimum atomic E-state index is -1.12. The summed E-state index contributed by atoms with van der Waals surface area (Å²) < 4.78 is 1.76. The second-order valence-electron chi connectivity index (χ2n) is 4.99. The molecule has 1 aromatic heterocycles. The molecule has 7 nitrogen and oxygen atoms in total. The standard InChI is InChI=1S/C13H17N3O4/c1-8(2)15-5-3-4-9(15)12(18)16-7-11(17)14-6-10(16)13(19)20/h3-5,8,10H,6-7H2,1-2H3,(H,14,17)(H,19,20). The maximum absolute atomic E-state index is 12.5. The molecule has 0 aromatic carbocycles. The second-order valence-corrected chi connectivity index (χ2v) is 4.99. The van der Waals surface area contributed by atoms with Crippen LogP contribution in [0.25, 0.3) is 0 Å². The molecule has 1 aliphatic rings. The molecule has 0 aliphatic carbocycles. The lowest BCUT2D eigenvalue weighted by Gasteiger charge is -2.33. The average Bonchev–Trinajstić information content (AvgIpc) is 2.86. The maximum Gasteiger partial charge on any atom is 0.328 e. The topological polar surface area (TPSA) is 91.6 Å². The first kappa shape index (κ1) is 14.1. The number of aliphatic carboxylic acids is 1. The van der Waals surface area contributed by atoms with Gasteiger partial charge in [0.2, 0.25) is 5.91 Å². The Labute approximate surface area is 116 Å². The normalized spacial score (nSPS) is 19.1. The number of piperazine rings is 1. The van der Waals surface area contributed by atoms with Gasteiger partial charge in [-0.25, -0.2) is 4.79 Å². The van der Waals surface area contributed by atoms with Crippen molar-refractivity contribution in [2.24, 2.45) is 0 Å². The van der Waals surface area contributed by atoms with Gasteiger partial charge in [0.15, 0.2) is 0 Å². The summed E-state index contributed by atoms with van der Waals surface area (Å²) in [5, 5.41) is 11.6. The molecule has 2 amide bonds. The maximum atomic E-state index is 12.5. The highest BCUT2D eigenvalue weighted by molar-refractivity contribution is 5.99. The van der Waals surface area contributed by atoms with Crippen molar-refractivity contribution in [3.63, 3.8) is 0 Å². The fourth-order valence-electron chi connectivity index (χ4n) is 2.25. The zero-order chi connectivity index (χ0) is 14.9.